The lowest BCUT2D eigenvalue weighted by molar-refractivity contribution is 0.270. The van der Waals surface area contributed by atoms with Gasteiger partial charge in [-0.1, -0.05) is 0 Å². The molecule has 0 aliphatic carbocycles. The van der Waals surface area contributed by atoms with Crippen molar-refractivity contribution in [3.05, 3.63) is 18.6 Å². The van der Waals surface area contributed by atoms with Crippen molar-refractivity contribution in [2.24, 2.45) is 0 Å². The first kappa shape index (κ1) is 9.59. The van der Waals surface area contributed by atoms with E-state index < -0.39 is 0 Å². The molecule has 0 amide bonds. The van der Waals surface area contributed by atoms with Crippen LogP contribution < -0.4 is 10.1 Å². The maximum atomic E-state index is 5.73. The number of rotatable bonds is 3. The van der Waals surface area contributed by atoms with Gasteiger partial charge in [-0.05, 0) is 25.5 Å². The van der Waals surface area contributed by atoms with Crippen LogP contribution in [0.1, 0.15) is 12.8 Å². The van der Waals surface area contributed by atoms with Crippen molar-refractivity contribution in [3.63, 3.8) is 0 Å². The van der Waals surface area contributed by atoms with Crippen LogP contribution in [0.5, 0.6) is 5.88 Å². The maximum absolute atomic E-state index is 5.73. The zero-order chi connectivity index (χ0) is 10.8. The van der Waals surface area contributed by atoms with Gasteiger partial charge < -0.3 is 15.0 Å². The van der Waals surface area contributed by atoms with Crippen LogP contribution >= 0.6 is 0 Å². The van der Waals surface area contributed by atoms with E-state index in [1.165, 1.54) is 19.2 Å². The molecular weight excluding hydrogens is 204 g/mol. The minimum Gasteiger partial charge on any atom is -0.475 e. The van der Waals surface area contributed by atoms with Gasteiger partial charge in [0.1, 0.15) is 18.6 Å². The van der Waals surface area contributed by atoms with E-state index in [-0.39, 0.29) is 0 Å². The van der Waals surface area contributed by atoms with Crippen LogP contribution in [0.25, 0.3) is 11.0 Å². The smallest absolute Gasteiger partial charge is 0.226 e. The standard InChI is InChI=1S/C11H14N4O/c1-2-8(12-4-1)6-16-11-9-3-5-13-10(9)14-7-15-11/h3,5,7-8,12H,1-2,4,6H2,(H,13,14,15). The molecule has 1 fully saturated rings. The molecule has 5 heteroatoms. The summed E-state index contributed by atoms with van der Waals surface area (Å²) in [4.78, 5) is 11.3. The summed E-state index contributed by atoms with van der Waals surface area (Å²) in [6.45, 7) is 1.77. The highest BCUT2D eigenvalue weighted by Gasteiger charge is 2.15. The predicted octanol–water partition coefficient (Wildman–Crippen LogP) is 1.09. The molecule has 5 nitrogen and oxygen atoms in total. The van der Waals surface area contributed by atoms with Gasteiger partial charge in [0, 0.05) is 12.2 Å². The molecule has 0 saturated carbocycles. The highest BCUT2D eigenvalue weighted by Crippen LogP contribution is 2.20. The van der Waals surface area contributed by atoms with Crippen LogP contribution in [-0.2, 0) is 0 Å². The summed E-state index contributed by atoms with van der Waals surface area (Å²) in [5.74, 6) is 0.667. The number of nitrogens with zero attached hydrogens (tertiary/aromatic N) is 2. The third kappa shape index (κ3) is 1.74. The lowest BCUT2D eigenvalue weighted by Crippen LogP contribution is -2.28. The van der Waals surface area contributed by atoms with Crippen molar-refractivity contribution < 1.29 is 4.74 Å². The van der Waals surface area contributed by atoms with Crippen molar-refractivity contribution in [2.45, 2.75) is 18.9 Å². The molecule has 2 aromatic heterocycles. The summed E-state index contributed by atoms with van der Waals surface area (Å²) in [6, 6.07) is 2.40. The number of nitrogens with one attached hydrogen (secondary N) is 2. The molecule has 0 aromatic carbocycles. The number of hydrogen-bond acceptors (Lipinski definition) is 4. The Labute approximate surface area is 93.2 Å². The van der Waals surface area contributed by atoms with E-state index in [1.807, 2.05) is 12.3 Å². The molecule has 16 heavy (non-hydrogen) atoms. The molecule has 84 valence electrons. The summed E-state index contributed by atoms with van der Waals surface area (Å²) >= 11 is 0. The van der Waals surface area contributed by atoms with Gasteiger partial charge >= 0.3 is 0 Å². The Balaban J connectivity index is 1.75. The zero-order valence-corrected chi connectivity index (χ0v) is 8.94. The average molecular weight is 218 g/mol. The second-order valence-corrected chi connectivity index (χ2v) is 4.02. The Bertz CT molecular complexity index is 476. The molecule has 1 aliphatic rings. The summed E-state index contributed by atoms with van der Waals surface area (Å²) in [7, 11) is 0. The molecule has 0 spiro atoms. The van der Waals surface area contributed by atoms with Gasteiger partial charge in [-0.3, -0.25) is 0 Å². The number of aromatic nitrogens is 3. The Morgan fingerprint density at radius 2 is 2.44 bits per heavy atom. The van der Waals surface area contributed by atoms with E-state index in [4.69, 9.17) is 4.74 Å². The average Bonchev–Trinajstić information content (AvgIpc) is 2.97. The third-order valence-corrected chi connectivity index (χ3v) is 2.90. The van der Waals surface area contributed by atoms with E-state index in [2.05, 4.69) is 20.3 Å². The van der Waals surface area contributed by atoms with Crippen molar-refractivity contribution in [1.29, 1.82) is 0 Å². The Kier molecular flexibility index (Phi) is 2.46. The fraction of sp³-hybridized carbons (Fsp3) is 0.455. The quantitative estimate of drug-likeness (QED) is 0.809. The number of H-pyrrole nitrogens is 1. The van der Waals surface area contributed by atoms with Crippen LogP contribution in [0.3, 0.4) is 0 Å². The minimum atomic E-state index is 0.462. The second-order valence-electron chi connectivity index (χ2n) is 4.02. The molecule has 2 N–H and O–H groups in total. The largest absolute Gasteiger partial charge is 0.475 e. The molecule has 0 radical (unpaired) electrons. The number of ether oxygens (including phenoxy) is 1. The van der Waals surface area contributed by atoms with Gasteiger partial charge in [-0.2, -0.15) is 0 Å². The fourth-order valence-corrected chi connectivity index (χ4v) is 2.04. The second kappa shape index (κ2) is 4.09. The van der Waals surface area contributed by atoms with Crippen molar-refractivity contribution in [3.8, 4) is 5.88 Å². The van der Waals surface area contributed by atoms with E-state index in [0.29, 0.717) is 18.5 Å². The van der Waals surface area contributed by atoms with Gasteiger partial charge in [-0.15, -0.1) is 0 Å². The van der Waals surface area contributed by atoms with Crippen LogP contribution in [0.2, 0.25) is 0 Å². The summed E-state index contributed by atoms with van der Waals surface area (Å²) in [5.41, 5.74) is 0.824. The van der Waals surface area contributed by atoms with Gasteiger partial charge in [0.15, 0.2) is 0 Å². The Hall–Kier alpha value is -1.62. The van der Waals surface area contributed by atoms with E-state index in [9.17, 15) is 0 Å². The first-order valence-electron chi connectivity index (χ1n) is 5.58. The van der Waals surface area contributed by atoms with Crippen molar-refractivity contribution in [1.82, 2.24) is 20.3 Å². The first-order chi connectivity index (χ1) is 7.93. The van der Waals surface area contributed by atoms with E-state index >= 15 is 0 Å². The molecule has 1 aliphatic heterocycles. The first-order valence-corrected chi connectivity index (χ1v) is 5.58. The molecule has 1 atom stereocenters. The maximum Gasteiger partial charge on any atom is 0.226 e. The minimum absolute atomic E-state index is 0.462. The topological polar surface area (TPSA) is 62.8 Å². The van der Waals surface area contributed by atoms with Gasteiger partial charge in [0.05, 0.1) is 5.39 Å². The predicted molar refractivity (Wildman–Crippen MR) is 60.4 cm³/mol. The fourth-order valence-electron chi connectivity index (χ4n) is 2.04. The summed E-state index contributed by atoms with van der Waals surface area (Å²) in [6.07, 6.45) is 5.79. The summed E-state index contributed by atoms with van der Waals surface area (Å²) < 4.78 is 5.73. The van der Waals surface area contributed by atoms with Gasteiger partial charge in [0.2, 0.25) is 5.88 Å². The molecule has 3 heterocycles. The van der Waals surface area contributed by atoms with Crippen molar-refractivity contribution in [2.75, 3.05) is 13.2 Å². The van der Waals surface area contributed by atoms with E-state index in [0.717, 1.165) is 17.6 Å². The molecule has 2 aromatic rings. The number of fused-ring (bicyclic) bond motifs is 1. The van der Waals surface area contributed by atoms with Gasteiger partial charge in [-0.25, -0.2) is 9.97 Å². The number of hydrogen-bond donors (Lipinski definition) is 2. The Morgan fingerprint density at radius 1 is 1.44 bits per heavy atom. The normalized spacial score (nSPS) is 20.4. The van der Waals surface area contributed by atoms with Crippen LogP contribution in [0.15, 0.2) is 18.6 Å². The molecular formula is C11H14N4O. The lowest BCUT2D eigenvalue weighted by atomic mass is 10.2. The molecule has 0 bridgehead atoms. The molecule has 1 unspecified atom stereocenters. The van der Waals surface area contributed by atoms with Crippen LogP contribution in [0.4, 0.5) is 0 Å². The van der Waals surface area contributed by atoms with Crippen LogP contribution in [0, 0.1) is 0 Å². The highest BCUT2D eigenvalue weighted by molar-refractivity contribution is 5.80. The monoisotopic (exact) mass is 218 g/mol. The van der Waals surface area contributed by atoms with E-state index in [1.54, 1.807) is 0 Å². The number of aromatic amines is 1. The van der Waals surface area contributed by atoms with Crippen molar-refractivity contribution >= 4 is 11.0 Å². The van der Waals surface area contributed by atoms with Crippen LogP contribution in [-0.4, -0.2) is 34.1 Å². The third-order valence-electron chi connectivity index (χ3n) is 2.90. The highest BCUT2D eigenvalue weighted by atomic mass is 16.5. The zero-order valence-electron chi connectivity index (χ0n) is 8.94. The molecule has 3 rings (SSSR count). The summed E-state index contributed by atoms with van der Waals surface area (Å²) in [5, 5.41) is 4.34. The van der Waals surface area contributed by atoms with Gasteiger partial charge in [0.25, 0.3) is 0 Å². The SMILES string of the molecule is c1nc(OCC2CCCN2)c2cc[nH]c2n1. The Morgan fingerprint density at radius 3 is 3.31 bits per heavy atom. The lowest BCUT2D eigenvalue weighted by Gasteiger charge is -2.11. The molecule has 1 saturated heterocycles.